The van der Waals surface area contributed by atoms with Crippen molar-refractivity contribution in [2.45, 2.75) is 38.6 Å². The van der Waals surface area contributed by atoms with Crippen LogP contribution in [0.4, 0.5) is 0 Å². The van der Waals surface area contributed by atoms with Gasteiger partial charge in [0, 0.05) is 24.0 Å². The molecule has 3 rings (SSSR count). The van der Waals surface area contributed by atoms with Crippen LogP contribution in [-0.4, -0.2) is 15.7 Å². The molecular weight excluding hydrogens is 222 g/mol. The molecule has 0 unspecified atom stereocenters. The summed E-state index contributed by atoms with van der Waals surface area (Å²) in [6.45, 7) is 2.13. The van der Waals surface area contributed by atoms with Gasteiger partial charge in [0.2, 0.25) is 0 Å². The van der Waals surface area contributed by atoms with Gasteiger partial charge in [-0.2, -0.15) is 0 Å². The van der Waals surface area contributed by atoms with Crippen molar-refractivity contribution in [1.82, 2.24) is 9.66 Å². The van der Waals surface area contributed by atoms with E-state index in [0.29, 0.717) is 6.04 Å². The van der Waals surface area contributed by atoms with E-state index in [1.165, 1.54) is 36.8 Å². The monoisotopic (exact) mass is 241 g/mol. The van der Waals surface area contributed by atoms with Crippen LogP contribution in [0.1, 0.15) is 31.2 Å². The first kappa shape index (κ1) is 11.3. The number of aromatic nitrogens is 2. The lowest BCUT2D eigenvalue weighted by Crippen LogP contribution is -2.25. The van der Waals surface area contributed by atoms with E-state index in [9.17, 15) is 0 Å². The molecule has 0 saturated heterocycles. The zero-order valence-corrected chi connectivity index (χ0v) is 10.8. The lowest BCUT2D eigenvalue weighted by atomic mass is 10.1. The van der Waals surface area contributed by atoms with Gasteiger partial charge in [0.05, 0.1) is 0 Å². The van der Waals surface area contributed by atoms with Crippen molar-refractivity contribution in [1.29, 1.82) is 0 Å². The molecule has 0 amide bonds. The van der Waals surface area contributed by atoms with Crippen molar-refractivity contribution in [2.24, 2.45) is 0 Å². The number of benzene rings is 1. The summed E-state index contributed by atoms with van der Waals surface area (Å²) in [5.41, 5.74) is 6.03. The smallest absolute Gasteiger partial charge is 0.158 e. The van der Waals surface area contributed by atoms with E-state index in [1.807, 2.05) is 12.4 Å². The average Bonchev–Trinajstić information content (AvgIpc) is 3.02. The number of nitrogens with zero attached hydrogens (tertiary/aromatic N) is 2. The van der Waals surface area contributed by atoms with E-state index >= 15 is 0 Å². The van der Waals surface area contributed by atoms with E-state index < -0.39 is 0 Å². The minimum atomic E-state index is 0.599. The van der Waals surface area contributed by atoms with Crippen LogP contribution >= 0.6 is 0 Å². The van der Waals surface area contributed by atoms with Crippen molar-refractivity contribution >= 4 is 0 Å². The maximum Gasteiger partial charge on any atom is 0.158 e. The Morgan fingerprint density at radius 3 is 2.78 bits per heavy atom. The van der Waals surface area contributed by atoms with Crippen molar-refractivity contribution in [2.75, 3.05) is 5.43 Å². The Hall–Kier alpha value is -1.77. The molecule has 1 saturated carbocycles. The summed E-state index contributed by atoms with van der Waals surface area (Å²) >= 11 is 0. The summed E-state index contributed by atoms with van der Waals surface area (Å²) in [6, 6.07) is 8.99. The molecule has 0 atom stereocenters. The van der Waals surface area contributed by atoms with Gasteiger partial charge in [0.1, 0.15) is 0 Å². The van der Waals surface area contributed by atoms with Gasteiger partial charge in [-0.05, 0) is 25.3 Å². The third-order valence-electron chi connectivity index (χ3n) is 3.70. The molecule has 2 aromatic rings. The van der Waals surface area contributed by atoms with E-state index in [2.05, 4.69) is 46.3 Å². The molecule has 1 aromatic heterocycles. The molecular formula is C15H19N3. The summed E-state index contributed by atoms with van der Waals surface area (Å²) in [7, 11) is 0. The molecule has 18 heavy (non-hydrogen) atoms. The predicted molar refractivity (Wildman–Crippen MR) is 74.0 cm³/mol. The first-order valence-electron chi connectivity index (χ1n) is 6.70. The summed E-state index contributed by atoms with van der Waals surface area (Å²) in [6.07, 6.45) is 9.10. The molecule has 1 fully saturated rings. The van der Waals surface area contributed by atoms with Crippen LogP contribution in [0.5, 0.6) is 0 Å². The van der Waals surface area contributed by atoms with Gasteiger partial charge in [-0.1, -0.05) is 37.1 Å². The molecule has 94 valence electrons. The first-order valence-corrected chi connectivity index (χ1v) is 6.70. The molecule has 0 spiro atoms. The molecule has 0 aliphatic heterocycles. The maximum atomic E-state index is 4.49. The van der Waals surface area contributed by atoms with Gasteiger partial charge in [0.25, 0.3) is 0 Å². The Morgan fingerprint density at radius 1 is 1.22 bits per heavy atom. The summed E-state index contributed by atoms with van der Waals surface area (Å²) in [5, 5.41) is 0. The minimum Gasteiger partial charge on any atom is -0.321 e. The molecule has 3 nitrogen and oxygen atoms in total. The average molecular weight is 241 g/mol. The quantitative estimate of drug-likeness (QED) is 0.893. The van der Waals surface area contributed by atoms with Crippen LogP contribution in [0, 0.1) is 6.92 Å². The summed E-state index contributed by atoms with van der Waals surface area (Å²) < 4.78 is 2.08. The number of rotatable bonds is 3. The topological polar surface area (TPSA) is 29.9 Å². The number of imidazole rings is 1. The lowest BCUT2D eigenvalue weighted by molar-refractivity contribution is 0.658. The van der Waals surface area contributed by atoms with Crippen LogP contribution in [-0.2, 0) is 0 Å². The number of hydrogen-bond donors (Lipinski definition) is 1. The zero-order valence-electron chi connectivity index (χ0n) is 10.8. The third-order valence-corrected chi connectivity index (χ3v) is 3.70. The standard InChI is InChI=1S/C15H19N3/c1-12-6-2-5-9-14(12)15-16-10-11-18(15)17-13-7-3-4-8-13/h2,5-6,9-11,13,17H,3-4,7-8H2,1H3. The van der Waals surface area contributed by atoms with Crippen LogP contribution in [0.15, 0.2) is 36.7 Å². The fraction of sp³-hybridized carbons (Fsp3) is 0.400. The Bertz CT molecular complexity index is 524. The highest BCUT2D eigenvalue weighted by atomic mass is 15.4. The second-order valence-electron chi connectivity index (χ2n) is 5.05. The highest BCUT2D eigenvalue weighted by Gasteiger charge is 2.16. The van der Waals surface area contributed by atoms with Gasteiger partial charge >= 0.3 is 0 Å². The maximum absolute atomic E-state index is 4.49. The molecule has 0 radical (unpaired) electrons. The molecule has 0 bridgehead atoms. The SMILES string of the molecule is Cc1ccccc1-c1nccn1NC1CCCC1. The lowest BCUT2D eigenvalue weighted by Gasteiger charge is -2.17. The fourth-order valence-corrected chi connectivity index (χ4v) is 2.68. The van der Waals surface area contributed by atoms with Crippen LogP contribution in [0.3, 0.4) is 0 Å². The normalized spacial score (nSPS) is 16.1. The van der Waals surface area contributed by atoms with Gasteiger partial charge in [-0.15, -0.1) is 0 Å². The fourth-order valence-electron chi connectivity index (χ4n) is 2.68. The van der Waals surface area contributed by atoms with Crippen molar-refractivity contribution < 1.29 is 0 Å². The molecule has 3 heteroatoms. The predicted octanol–water partition coefficient (Wildman–Crippen LogP) is 3.34. The molecule has 1 heterocycles. The summed E-state index contributed by atoms with van der Waals surface area (Å²) in [5.74, 6) is 1.01. The second kappa shape index (κ2) is 4.84. The summed E-state index contributed by atoms with van der Waals surface area (Å²) in [4.78, 5) is 4.49. The van der Waals surface area contributed by atoms with E-state index in [-0.39, 0.29) is 0 Å². The van der Waals surface area contributed by atoms with Crippen molar-refractivity contribution in [3.05, 3.63) is 42.2 Å². The number of hydrogen-bond acceptors (Lipinski definition) is 2. The number of aryl methyl sites for hydroxylation is 1. The van der Waals surface area contributed by atoms with Crippen molar-refractivity contribution in [3.8, 4) is 11.4 Å². The van der Waals surface area contributed by atoms with E-state index in [4.69, 9.17) is 0 Å². The molecule has 1 aromatic carbocycles. The van der Waals surface area contributed by atoms with Crippen molar-refractivity contribution in [3.63, 3.8) is 0 Å². The van der Waals surface area contributed by atoms with Gasteiger partial charge in [-0.3, -0.25) is 0 Å². The van der Waals surface area contributed by atoms with Gasteiger partial charge in [-0.25, -0.2) is 9.66 Å². The second-order valence-corrected chi connectivity index (χ2v) is 5.05. The third kappa shape index (κ3) is 2.13. The molecule has 1 N–H and O–H groups in total. The van der Waals surface area contributed by atoms with Crippen LogP contribution in [0.25, 0.3) is 11.4 Å². The van der Waals surface area contributed by atoms with E-state index in [0.717, 1.165) is 5.82 Å². The Labute approximate surface area is 108 Å². The number of nitrogens with one attached hydrogen (secondary N) is 1. The highest BCUT2D eigenvalue weighted by Crippen LogP contribution is 2.23. The van der Waals surface area contributed by atoms with Crippen LogP contribution < -0.4 is 5.43 Å². The van der Waals surface area contributed by atoms with Gasteiger partial charge < -0.3 is 5.43 Å². The minimum absolute atomic E-state index is 0.599. The Balaban J connectivity index is 1.89. The highest BCUT2D eigenvalue weighted by molar-refractivity contribution is 5.60. The first-order chi connectivity index (χ1) is 8.84. The largest absolute Gasteiger partial charge is 0.321 e. The molecule has 1 aliphatic carbocycles. The van der Waals surface area contributed by atoms with Gasteiger partial charge in [0.15, 0.2) is 5.82 Å². The van der Waals surface area contributed by atoms with E-state index in [1.54, 1.807) is 0 Å². The zero-order chi connectivity index (χ0) is 12.4. The van der Waals surface area contributed by atoms with Crippen LogP contribution in [0.2, 0.25) is 0 Å². The molecule has 1 aliphatic rings. The Morgan fingerprint density at radius 2 is 2.00 bits per heavy atom. The Kier molecular flexibility index (Phi) is 3.05.